The molecule has 0 spiro atoms. The SMILES string of the molecule is CC(=O)CC(Cc1ccc(N=C(N)NC(=O)OC(C)(C)C)cc1)P(=O)(Oc1ccccc1)Oc1ccccc1. The molecule has 1 amide bonds. The molecule has 1 atom stereocenters. The number of nitrogens with one attached hydrogen (secondary N) is 1. The lowest BCUT2D eigenvalue weighted by atomic mass is 10.1. The van der Waals surface area contributed by atoms with Gasteiger partial charge in [0, 0.05) is 6.42 Å². The number of rotatable bonds is 10. The maximum atomic E-state index is 14.3. The van der Waals surface area contributed by atoms with E-state index in [0.29, 0.717) is 17.2 Å². The predicted octanol–water partition coefficient (Wildman–Crippen LogP) is 6.40. The van der Waals surface area contributed by atoms with E-state index in [2.05, 4.69) is 10.3 Å². The molecule has 0 radical (unpaired) electrons. The molecule has 9 nitrogen and oxygen atoms in total. The summed E-state index contributed by atoms with van der Waals surface area (Å²) in [5.41, 5.74) is 5.67. The summed E-state index contributed by atoms with van der Waals surface area (Å²) in [6.45, 7) is 6.67. The Balaban J connectivity index is 1.83. The molecular formula is C29H34N3O6P. The van der Waals surface area contributed by atoms with E-state index in [0.717, 1.165) is 5.56 Å². The van der Waals surface area contributed by atoms with E-state index >= 15 is 0 Å². The first-order valence-corrected chi connectivity index (χ1v) is 14.0. The number of carbonyl (C=O) groups excluding carboxylic acids is 2. The lowest BCUT2D eigenvalue weighted by Gasteiger charge is -2.27. The molecule has 3 N–H and O–H groups in total. The zero-order chi connectivity index (χ0) is 28.5. The van der Waals surface area contributed by atoms with Crippen LogP contribution in [-0.4, -0.2) is 29.1 Å². The number of Topliss-reactive ketones (excluding diaryl/α,β-unsaturated/α-hetero) is 1. The monoisotopic (exact) mass is 551 g/mol. The molecule has 0 aliphatic rings. The molecule has 0 bridgehead atoms. The Morgan fingerprint density at radius 1 is 0.897 bits per heavy atom. The van der Waals surface area contributed by atoms with Crippen LogP contribution in [0.25, 0.3) is 0 Å². The first-order valence-electron chi connectivity index (χ1n) is 12.4. The second-order valence-electron chi connectivity index (χ2n) is 9.90. The number of nitrogens with two attached hydrogens (primary N) is 1. The Kier molecular flexibility index (Phi) is 9.90. The van der Waals surface area contributed by atoms with E-state index in [1.807, 2.05) is 12.1 Å². The number of ketones is 1. The lowest BCUT2D eigenvalue weighted by molar-refractivity contribution is -0.117. The van der Waals surface area contributed by atoms with Gasteiger partial charge in [-0.05, 0) is 76.1 Å². The third kappa shape index (κ3) is 9.94. The minimum Gasteiger partial charge on any atom is -0.444 e. The van der Waals surface area contributed by atoms with Crippen LogP contribution in [0.3, 0.4) is 0 Å². The van der Waals surface area contributed by atoms with Crippen molar-refractivity contribution in [3.05, 3.63) is 90.5 Å². The standard InChI is InChI=1S/C29H34N3O6P/c1-21(33)19-26(39(35,37-24-11-7-5-8-12-24)38-25-13-9-6-10-14-25)20-22-15-17-23(18-16-22)31-27(30)32-28(34)36-29(2,3)4/h5-18,26H,19-20H2,1-4H3,(H3,30,31,32,34). The first kappa shape index (κ1) is 29.5. The van der Waals surface area contributed by atoms with Crippen LogP contribution in [0, 0.1) is 0 Å². The summed E-state index contributed by atoms with van der Waals surface area (Å²) in [4.78, 5) is 28.3. The molecule has 3 aromatic carbocycles. The molecule has 206 valence electrons. The van der Waals surface area contributed by atoms with E-state index < -0.39 is 24.9 Å². The van der Waals surface area contributed by atoms with Gasteiger partial charge in [0.25, 0.3) is 0 Å². The van der Waals surface area contributed by atoms with Crippen LogP contribution >= 0.6 is 7.60 Å². The molecule has 10 heteroatoms. The van der Waals surface area contributed by atoms with Crippen molar-refractivity contribution >= 4 is 31.1 Å². The van der Waals surface area contributed by atoms with E-state index in [1.165, 1.54) is 6.92 Å². The van der Waals surface area contributed by atoms with Gasteiger partial charge in [0.2, 0.25) is 5.96 Å². The van der Waals surface area contributed by atoms with Gasteiger partial charge in [-0.15, -0.1) is 0 Å². The topological polar surface area (TPSA) is 129 Å². The Labute approximate surface area is 228 Å². The highest BCUT2D eigenvalue weighted by Gasteiger charge is 2.40. The van der Waals surface area contributed by atoms with Crippen molar-refractivity contribution in [3.8, 4) is 11.5 Å². The van der Waals surface area contributed by atoms with Crippen LogP contribution in [0.5, 0.6) is 11.5 Å². The van der Waals surface area contributed by atoms with Crippen LogP contribution in [0.4, 0.5) is 10.5 Å². The first-order chi connectivity index (χ1) is 18.4. The van der Waals surface area contributed by atoms with Crippen molar-refractivity contribution in [2.45, 2.75) is 51.8 Å². The molecule has 39 heavy (non-hydrogen) atoms. The summed E-state index contributed by atoms with van der Waals surface area (Å²) in [5, 5.41) is 2.38. The summed E-state index contributed by atoms with van der Waals surface area (Å²) >= 11 is 0. The number of carbonyl (C=O) groups is 2. The molecule has 0 saturated carbocycles. The summed E-state index contributed by atoms with van der Waals surface area (Å²) in [7, 11) is -3.89. The number of ether oxygens (including phenoxy) is 1. The number of amides is 1. The molecule has 0 saturated heterocycles. The fourth-order valence-corrected chi connectivity index (χ4v) is 5.69. The average molecular weight is 552 g/mol. The van der Waals surface area contributed by atoms with Crippen LogP contribution in [0.2, 0.25) is 0 Å². The smallest absolute Gasteiger partial charge is 0.434 e. The van der Waals surface area contributed by atoms with Crippen molar-refractivity contribution in [1.82, 2.24) is 5.32 Å². The van der Waals surface area contributed by atoms with Crippen LogP contribution in [0.15, 0.2) is 89.9 Å². The number of alkyl carbamates (subject to hydrolysis) is 1. The second kappa shape index (κ2) is 13.1. The molecular weight excluding hydrogens is 517 g/mol. The maximum Gasteiger partial charge on any atom is 0.434 e. The number of hydrogen-bond acceptors (Lipinski definition) is 7. The van der Waals surface area contributed by atoms with Crippen molar-refractivity contribution in [2.24, 2.45) is 10.7 Å². The summed E-state index contributed by atoms with van der Waals surface area (Å²) in [6.07, 6.45) is -0.476. The van der Waals surface area contributed by atoms with Crippen molar-refractivity contribution < 1.29 is 27.9 Å². The summed E-state index contributed by atoms with van der Waals surface area (Å²) in [6, 6.07) is 24.4. The fourth-order valence-electron chi connectivity index (χ4n) is 3.61. The highest BCUT2D eigenvalue weighted by Crippen LogP contribution is 2.55. The molecule has 0 aliphatic carbocycles. The van der Waals surface area contributed by atoms with Crippen LogP contribution in [-0.2, 0) is 20.5 Å². The number of guanidine groups is 1. The normalized spacial score (nSPS) is 12.8. The number of para-hydroxylation sites is 2. The largest absolute Gasteiger partial charge is 0.444 e. The molecule has 0 aromatic heterocycles. The Morgan fingerprint density at radius 3 is 1.87 bits per heavy atom. The second-order valence-corrected chi connectivity index (χ2v) is 12.1. The molecule has 3 aromatic rings. The van der Waals surface area contributed by atoms with Gasteiger partial charge in [-0.3, -0.25) is 10.1 Å². The Bertz CT molecular complexity index is 1280. The summed E-state index contributed by atoms with van der Waals surface area (Å²) in [5.74, 6) is 0.491. The van der Waals surface area contributed by atoms with Gasteiger partial charge >= 0.3 is 13.7 Å². The van der Waals surface area contributed by atoms with E-state index in [1.54, 1.807) is 93.6 Å². The fraction of sp³-hybridized carbons (Fsp3) is 0.276. The van der Waals surface area contributed by atoms with Crippen molar-refractivity contribution in [1.29, 1.82) is 0 Å². The Morgan fingerprint density at radius 2 is 1.41 bits per heavy atom. The zero-order valence-corrected chi connectivity index (χ0v) is 23.4. The third-order valence-electron chi connectivity index (χ3n) is 5.21. The quantitative estimate of drug-likeness (QED) is 0.169. The van der Waals surface area contributed by atoms with Gasteiger partial charge in [-0.1, -0.05) is 48.5 Å². The van der Waals surface area contributed by atoms with Crippen molar-refractivity contribution in [2.75, 3.05) is 0 Å². The van der Waals surface area contributed by atoms with Crippen LogP contribution < -0.4 is 20.1 Å². The van der Waals surface area contributed by atoms with Gasteiger partial charge < -0.3 is 19.5 Å². The molecule has 1 unspecified atom stereocenters. The maximum absolute atomic E-state index is 14.3. The lowest BCUT2D eigenvalue weighted by Crippen LogP contribution is -2.40. The van der Waals surface area contributed by atoms with Gasteiger partial charge in [-0.2, -0.15) is 0 Å². The van der Waals surface area contributed by atoms with Crippen molar-refractivity contribution in [3.63, 3.8) is 0 Å². The summed E-state index contributed by atoms with van der Waals surface area (Å²) < 4.78 is 31.4. The number of nitrogens with zero attached hydrogens (tertiary/aromatic N) is 1. The predicted molar refractivity (Wildman–Crippen MR) is 152 cm³/mol. The van der Waals surface area contributed by atoms with E-state index in [4.69, 9.17) is 19.5 Å². The molecule has 0 heterocycles. The molecule has 0 aliphatic heterocycles. The highest BCUT2D eigenvalue weighted by molar-refractivity contribution is 7.55. The van der Waals surface area contributed by atoms with Crippen LogP contribution in [0.1, 0.15) is 39.7 Å². The number of benzene rings is 3. The van der Waals surface area contributed by atoms with Gasteiger partial charge in [-0.25, -0.2) is 14.4 Å². The average Bonchev–Trinajstić information content (AvgIpc) is 2.84. The van der Waals surface area contributed by atoms with Gasteiger partial charge in [0.05, 0.1) is 11.3 Å². The zero-order valence-electron chi connectivity index (χ0n) is 22.5. The van der Waals surface area contributed by atoms with Gasteiger partial charge in [0.15, 0.2) is 0 Å². The Hall–Kier alpha value is -4.10. The minimum absolute atomic E-state index is 0.0103. The number of aliphatic imine (C=N–C) groups is 1. The molecule has 3 rings (SSSR count). The number of hydrogen-bond donors (Lipinski definition) is 2. The molecule has 0 fully saturated rings. The third-order valence-corrected chi connectivity index (χ3v) is 7.40. The van der Waals surface area contributed by atoms with E-state index in [-0.39, 0.29) is 24.6 Å². The minimum atomic E-state index is -3.89. The van der Waals surface area contributed by atoms with E-state index in [9.17, 15) is 14.2 Å². The van der Waals surface area contributed by atoms with Gasteiger partial charge in [0.1, 0.15) is 22.9 Å². The highest BCUT2D eigenvalue weighted by atomic mass is 31.2.